The Kier molecular flexibility index (Phi) is 3.66. The summed E-state index contributed by atoms with van der Waals surface area (Å²) in [4.78, 5) is 23.7. The fourth-order valence-electron chi connectivity index (χ4n) is 2.44. The van der Waals surface area contributed by atoms with E-state index in [2.05, 4.69) is 10.2 Å². The molecule has 2 aliphatic carbocycles. The second kappa shape index (κ2) is 5.04. The average molecular weight is 240 g/mol. The summed E-state index contributed by atoms with van der Waals surface area (Å²) in [6.07, 6.45) is 4.25. The second-order valence-electron chi connectivity index (χ2n) is 5.29. The summed E-state index contributed by atoms with van der Waals surface area (Å²) in [7, 11) is 0. The fraction of sp³-hybridized carbons (Fsp3) is 0.833. The first-order valence-electron chi connectivity index (χ1n) is 6.27. The normalized spacial score (nSPS) is 27.6. The van der Waals surface area contributed by atoms with E-state index in [1.165, 1.54) is 19.8 Å². The highest BCUT2D eigenvalue weighted by atomic mass is 16.4. The van der Waals surface area contributed by atoms with Gasteiger partial charge in [-0.15, -0.1) is 0 Å². The maximum atomic E-state index is 10.9. The van der Waals surface area contributed by atoms with Crippen LogP contribution in [0.25, 0.3) is 0 Å². The Morgan fingerprint density at radius 1 is 1.35 bits per heavy atom. The molecular formula is C12H20N2O3. The maximum Gasteiger partial charge on any atom is 0.317 e. The number of carbonyl (C=O) groups is 2. The molecule has 2 fully saturated rings. The van der Waals surface area contributed by atoms with Crippen LogP contribution in [0.5, 0.6) is 0 Å². The van der Waals surface area contributed by atoms with Gasteiger partial charge in [-0.05, 0) is 31.6 Å². The molecule has 0 bridgehead atoms. The topological polar surface area (TPSA) is 69.6 Å². The molecule has 0 aromatic rings. The molecule has 2 saturated carbocycles. The smallest absolute Gasteiger partial charge is 0.317 e. The number of amides is 1. The number of carboxylic acids is 1. The number of hydrogen-bond donors (Lipinski definition) is 2. The molecule has 2 aliphatic rings. The SMILES string of the molecule is CC(=O)NC1CC(N(CC(=O)O)CC2CC2)C1. The van der Waals surface area contributed by atoms with Crippen molar-refractivity contribution in [3.05, 3.63) is 0 Å². The molecule has 0 spiro atoms. The van der Waals surface area contributed by atoms with E-state index < -0.39 is 5.97 Å². The average Bonchev–Trinajstić information content (AvgIpc) is 2.92. The molecular weight excluding hydrogens is 220 g/mol. The van der Waals surface area contributed by atoms with Crippen LogP contribution in [0.2, 0.25) is 0 Å². The van der Waals surface area contributed by atoms with Crippen molar-refractivity contribution in [1.82, 2.24) is 10.2 Å². The Hall–Kier alpha value is -1.10. The van der Waals surface area contributed by atoms with Crippen molar-refractivity contribution >= 4 is 11.9 Å². The summed E-state index contributed by atoms with van der Waals surface area (Å²) in [5, 5.41) is 11.8. The molecule has 0 heterocycles. The van der Waals surface area contributed by atoms with Gasteiger partial charge in [0.05, 0.1) is 6.54 Å². The number of nitrogens with one attached hydrogen (secondary N) is 1. The summed E-state index contributed by atoms with van der Waals surface area (Å²) >= 11 is 0. The van der Waals surface area contributed by atoms with Crippen LogP contribution in [0, 0.1) is 5.92 Å². The van der Waals surface area contributed by atoms with Gasteiger partial charge in [0.1, 0.15) is 0 Å². The molecule has 1 amide bonds. The van der Waals surface area contributed by atoms with Gasteiger partial charge in [0.15, 0.2) is 0 Å². The Balaban J connectivity index is 1.77. The highest BCUT2D eigenvalue weighted by molar-refractivity contribution is 5.73. The van der Waals surface area contributed by atoms with Gasteiger partial charge in [-0.25, -0.2) is 0 Å². The zero-order valence-electron chi connectivity index (χ0n) is 10.2. The molecule has 5 nitrogen and oxygen atoms in total. The monoisotopic (exact) mass is 240 g/mol. The van der Waals surface area contributed by atoms with Crippen LogP contribution >= 0.6 is 0 Å². The van der Waals surface area contributed by atoms with Gasteiger partial charge >= 0.3 is 5.97 Å². The summed E-state index contributed by atoms with van der Waals surface area (Å²) in [6.45, 7) is 2.56. The van der Waals surface area contributed by atoms with Crippen molar-refractivity contribution in [2.75, 3.05) is 13.1 Å². The lowest BCUT2D eigenvalue weighted by atomic mass is 9.85. The molecule has 0 unspecified atom stereocenters. The first kappa shape index (κ1) is 12.4. The van der Waals surface area contributed by atoms with Crippen LogP contribution in [0.4, 0.5) is 0 Å². The van der Waals surface area contributed by atoms with Gasteiger partial charge in [0.25, 0.3) is 0 Å². The lowest BCUT2D eigenvalue weighted by Gasteiger charge is -2.42. The number of hydrogen-bond acceptors (Lipinski definition) is 3. The molecule has 2 rings (SSSR count). The van der Waals surface area contributed by atoms with E-state index in [0.717, 1.165) is 19.4 Å². The van der Waals surface area contributed by atoms with E-state index in [9.17, 15) is 9.59 Å². The third-order valence-corrected chi connectivity index (χ3v) is 3.56. The van der Waals surface area contributed by atoms with Gasteiger partial charge < -0.3 is 10.4 Å². The molecule has 5 heteroatoms. The number of carbonyl (C=O) groups excluding carboxylic acids is 1. The first-order valence-corrected chi connectivity index (χ1v) is 6.27. The van der Waals surface area contributed by atoms with E-state index in [4.69, 9.17) is 5.11 Å². The highest BCUT2D eigenvalue weighted by Gasteiger charge is 2.37. The quantitative estimate of drug-likeness (QED) is 0.707. The molecule has 0 aromatic heterocycles. The van der Waals surface area contributed by atoms with E-state index in [0.29, 0.717) is 12.0 Å². The third kappa shape index (κ3) is 3.70. The van der Waals surface area contributed by atoms with Crippen LogP contribution in [-0.4, -0.2) is 47.1 Å². The summed E-state index contributed by atoms with van der Waals surface area (Å²) in [5.74, 6) is -0.0526. The van der Waals surface area contributed by atoms with E-state index in [-0.39, 0.29) is 18.5 Å². The van der Waals surface area contributed by atoms with E-state index >= 15 is 0 Å². The fourth-order valence-corrected chi connectivity index (χ4v) is 2.44. The lowest BCUT2D eigenvalue weighted by Crippen LogP contribution is -2.55. The number of nitrogens with zero attached hydrogens (tertiary/aromatic N) is 1. The van der Waals surface area contributed by atoms with Crippen molar-refractivity contribution in [3.8, 4) is 0 Å². The lowest BCUT2D eigenvalue weighted by molar-refractivity contribution is -0.140. The minimum absolute atomic E-state index is 0.000396. The maximum absolute atomic E-state index is 10.9. The Labute approximate surface area is 101 Å². The van der Waals surface area contributed by atoms with Crippen LogP contribution in [0.1, 0.15) is 32.6 Å². The highest BCUT2D eigenvalue weighted by Crippen LogP contribution is 2.33. The molecule has 17 heavy (non-hydrogen) atoms. The summed E-state index contributed by atoms with van der Waals surface area (Å²) < 4.78 is 0. The molecule has 0 atom stereocenters. The molecule has 2 N–H and O–H groups in total. The zero-order chi connectivity index (χ0) is 12.4. The first-order chi connectivity index (χ1) is 8.04. The predicted molar refractivity (Wildman–Crippen MR) is 62.6 cm³/mol. The molecule has 0 aromatic carbocycles. The van der Waals surface area contributed by atoms with Gasteiger partial charge in [0.2, 0.25) is 5.91 Å². The standard InChI is InChI=1S/C12H20N2O3/c1-8(15)13-10-4-11(5-10)14(7-12(16)17)6-9-2-3-9/h9-11H,2-7H2,1H3,(H,13,15)(H,16,17). The minimum Gasteiger partial charge on any atom is -0.480 e. The van der Waals surface area contributed by atoms with Gasteiger partial charge in [0, 0.05) is 25.6 Å². The summed E-state index contributed by atoms with van der Waals surface area (Å²) in [5.41, 5.74) is 0. The van der Waals surface area contributed by atoms with Gasteiger partial charge in [-0.2, -0.15) is 0 Å². The molecule has 0 aliphatic heterocycles. The van der Waals surface area contributed by atoms with Gasteiger partial charge in [-0.3, -0.25) is 14.5 Å². The Bertz CT molecular complexity index is 309. The second-order valence-corrected chi connectivity index (χ2v) is 5.29. The van der Waals surface area contributed by atoms with Crippen molar-refractivity contribution in [2.45, 2.75) is 44.7 Å². The molecule has 96 valence electrons. The van der Waals surface area contributed by atoms with Crippen molar-refractivity contribution < 1.29 is 14.7 Å². The largest absolute Gasteiger partial charge is 0.480 e. The van der Waals surface area contributed by atoms with E-state index in [1.807, 2.05) is 0 Å². The van der Waals surface area contributed by atoms with Crippen molar-refractivity contribution in [3.63, 3.8) is 0 Å². The zero-order valence-corrected chi connectivity index (χ0v) is 10.2. The van der Waals surface area contributed by atoms with Gasteiger partial charge in [-0.1, -0.05) is 0 Å². The van der Waals surface area contributed by atoms with Crippen LogP contribution < -0.4 is 5.32 Å². The number of aliphatic carboxylic acids is 1. The van der Waals surface area contributed by atoms with Crippen molar-refractivity contribution in [2.24, 2.45) is 5.92 Å². The molecule has 0 saturated heterocycles. The Morgan fingerprint density at radius 3 is 2.47 bits per heavy atom. The van der Waals surface area contributed by atoms with Crippen LogP contribution in [0.3, 0.4) is 0 Å². The number of rotatable bonds is 6. The minimum atomic E-state index is -0.756. The third-order valence-electron chi connectivity index (χ3n) is 3.56. The van der Waals surface area contributed by atoms with Crippen LogP contribution in [0.15, 0.2) is 0 Å². The van der Waals surface area contributed by atoms with E-state index in [1.54, 1.807) is 0 Å². The summed E-state index contributed by atoms with van der Waals surface area (Å²) in [6, 6.07) is 0.580. The predicted octanol–water partition coefficient (Wildman–Crippen LogP) is 0.450. The van der Waals surface area contributed by atoms with Crippen molar-refractivity contribution in [1.29, 1.82) is 0 Å². The Morgan fingerprint density at radius 2 is 2.00 bits per heavy atom. The molecule has 0 radical (unpaired) electrons. The van der Waals surface area contributed by atoms with Crippen LogP contribution in [-0.2, 0) is 9.59 Å². The number of carboxylic acid groups (broad SMARTS) is 1.